The van der Waals surface area contributed by atoms with Gasteiger partial charge >= 0.3 is 5.97 Å². The molecule has 0 atom stereocenters. The Bertz CT molecular complexity index is 585. The Morgan fingerprint density at radius 3 is 2.40 bits per heavy atom. The third-order valence-electron chi connectivity index (χ3n) is 3.06. The molecule has 1 aromatic carbocycles. The number of nitrogens with zero attached hydrogens (tertiary/aromatic N) is 2. The van der Waals surface area contributed by atoms with Gasteiger partial charge < -0.3 is 10.0 Å². The van der Waals surface area contributed by atoms with Crippen molar-refractivity contribution in [2.45, 2.75) is 19.4 Å². The highest BCUT2D eigenvalue weighted by Gasteiger charge is 2.36. The summed E-state index contributed by atoms with van der Waals surface area (Å²) in [6, 6.07) is 3.90. The van der Waals surface area contributed by atoms with Crippen molar-refractivity contribution in [2.24, 2.45) is 0 Å². The van der Waals surface area contributed by atoms with E-state index < -0.39 is 22.3 Å². The normalized spacial score (nSPS) is 11.0. The Labute approximate surface area is 128 Å². The summed E-state index contributed by atoms with van der Waals surface area (Å²) in [6.07, 6.45) is 0. The maximum Gasteiger partial charge on any atom is 0.329 e. The third kappa shape index (κ3) is 3.06. The quantitative estimate of drug-likeness (QED) is 0.481. The van der Waals surface area contributed by atoms with Crippen LogP contribution in [-0.4, -0.2) is 39.4 Å². The van der Waals surface area contributed by atoms with Gasteiger partial charge in [-0.05, 0) is 42.5 Å². The number of carbonyl (C=O) groups is 2. The number of hydrogen-bond donors (Lipinski definition) is 1. The van der Waals surface area contributed by atoms with Crippen LogP contribution >= 0.6 is 22.6 Å². The van der Waals surface area contributed by atoms with E-state index >= 15 is 0 Å². The molecular weight excluding hydrogens is 379 g/mol. The fraction of sp³-hybridized carbons (Fsp3) is 0.333. The summed E-state index contributed by atoms with van der Waals surface area (Å²) >= 11 is 1.88. The third-order valence-corrected chi connectivity index (χ3v) is 4.00. The van der Waals surface area contributed by atoms with Gasteiger partial charge in [0.2, 0.25) is 0 Å². The average Bonchev–Trinajstić information content (AvgIpc) is 2.36. The lowest BCUT2D eigenvalue weighted by atomic mass is 10.0. The Hall–Kier alpha value is -1.71. The van der Waals surface area contributed by atoms with Gasteiger partial charge in [0.25, 0.3) is 11.6 Å². The molecule has 0 saturated heterocycles. The summed E-state index contributed by atoms with van der Waals surface area (Å²) in [5.41, 5.74) is -1.52. The van der Waals surface area contributed by atoms with Crippen molar-refractivity contribution in [3.8, 4) is 0 Å². The number of nitro benzene ring substituents is 1. The first-order valence-electron chi connectivity index (χ1n) is 5.54. The van der Waals surface area contributed by atoms with Crippen molar-refractivity contribution < 1.29 is 19.6 Å². The number of halogens is 1. The van der Waals surface area contributed by atoms with Crippen LogP contribution < -0.4 is 0 Å². The van der Waals surface area contributed by atoms with Crippen LogP contribution in [0.2, 0.25) is 0 Å². The zero-order chi connectivity index (χ0) is 15.7. The summed E-state index contributed by atoms with van der Waals surface area (Å²) in [4.78, 5) is 34.7. The van der Waals surface area contributed by atoms with Crippen LogP contribution in [0.1, 0.15) is 24.2 Å². The molecular formula is C12H13IN2O5. The first-order chi connectivity index (χ1) is 9.09. The summed E-state index contributed by atoms with van der Waals surface area (Å²) in [5.74, 6) is -1.74. The number of non-ortho nitro benzene ring substituents is 1. The molecule has 1 rings (SSSR count). The topological polar surface area (TPSA) is 101 Å². The minimum atomic E-state index is -1.41. The summed E-state index contributed by atoms with van der Waals surface area (Å²) in [7, 11) is 1.35. The van der Waals surface area contributed by atoms with Gasteiger partial charge in [0, 0.05) is 22.8 Å². The molecule has 1 amide bonds. The number of nitro groups is 1. The molecule has 0 aliphatic carbocycles. The Morgan fingerprint density at radius 1 is 1.40 bits per heavy atom. The minimum Gasteiger partial charge on any atom is -0.480 e. The zero-order valence-corrected chi connectivity index (χ0v) is 13.2. The van der Waals surface area contributed by atoms with Crippen LogP contribution in [0.25, 0.3) is 0 Å². The van der Waals surface area contributed by atoms with Gasteiger partial charge in [-0.15, -0.1) is 0 Å². The lowest BCUT2D eigenvalue weighted by Crippen LogP contribution is -2.50. The van der Waals surface area contributed by atoms with Crippen molar-refractivity contribution in [3.05, 3.63) is 37.4 Å². The lowest BCUT2D eigenvalue weighted by Gasteiger charge is -2.31. The number of rotatable bonds is 4. The average molecular weight is 392 g/mol. The number of aliphatic carboxylic acids is 1. The molecule has 7 nitrogen and oxygen atoms in total. The molecule has 108 valence electrons. The zero-order valence-electron chi connectivity index (χ0n) is 11.1. The Kier molecular flexibility index (Phi) is 4.69. The molecule has 0 bridgehead atoms. The predicted octanol–water partition coefficient (Wildman–Crippen LogP) is 2.13. The van der Waals surface area contributed by atoms with Crippen LogP contribution in [0.5, 0.6) is 0 Å². The maximum atomic E-state index is 12.3. The van der Waals surface area contributed by atoms with Gasteiger partial charge in [-0.25, -0.2) is 4.79 Å². The molecule has 0 radical (unpaired) electrons. The molecule has 1 N–H and O–H groups in total. The van der Waals surface area contributed by atoms with Gasteiger partial charge in [0.15, 0.2) is 0 Å². The predicted molar refractivity (Wildman–Crippen MR) is 79.6 cm³/mol. The van der Waals surface area contributed by atoms with Crippen molar-refractivity contribution in [2.75, 3.05) is 7.05 Å². The summed E-state index contributed by atoms with van der Waals surface area (Å²) in [6.45, 7) is 2.77. The highest BCUT2D eigenvalue weighted by Crippen LogP contribution is 2.23. The number of carboxylic acids is 1. The summed E-state index contributed by atoms with van der Waals surface area (Å²) < 4.78 is 0.520. The van der Waals surface area contributed by atoms with Gasteiger partial charge in [0.05, 0.1) is 10.5 Å². The van der Waals surface area contributed by atoms with Crippen molar-refractivity contribution >= 4 is 40.2 Å². The monoisotopic (exact) mass is 392 g/mol. The first kappa shape index (κ1) is 16.3. The molecule has 0 aromatic heterocycles. The molecule has 0 aliphatic heterocycles. The number of carbonyl (C=O) groups excluding carboxylic acids is 1. The van der Waals surface area contributed by atoms with Crippen LogP contribution in [0, 0.1) is 13.7 Å². The van der Waals surface area contributed by atoms with Gasteiger partial charge in [-0.2, -0.15) is 0 Å². The molecule has 0 unspecified atom stereocenters. The molecule has 0 fully saturated rings. The van der Waals surface area contributed by atoms with Crippen LogP contribution in [0.4, 0.5) is 5.69 Å². The second kappa shape index (κ2) is 5.73. The van der Waals surface area contributed by atoms with Crippen molar-refractivity contribution in [3.63, 3.8) is 0 Å². The van der Waals surface area contributed by atoms with Gasteiger partial charge in [-0.3, -0.25) is 14.9 Å². The van der Waals surface area contributed by atoms with E-state index in [-0.39, 0.29) is 11.3 Å². The van der Waals surface area contributed by atoms with E-state index in [4.69, 9.17) is 5.11 Å². The van der Waals surface area contributed by atoms with E-state index in [1.54, 1.807) is 0 Å². The second-order valence-corrected chi connectivity index (χ2v) is 5.81. The highest BCUT2D eigenvalue weighted by molar-refractivity contribution is 14.1. The molecule has 1 aromatic rings. The largest absolute Gasteiger partial charge is 0.480 e. The van der Waals surface area contributed by atoms with E-state index in [0.29, 0.717) is 3.57 Å². The number of likely N-dealkylation sites (N-methyl/N-ethyl adjacent to an activating group) is 1. The Morgan fingerprint density at radius 2 is 1.95 bits per heavy atom. The van der Waals surface area contributed by atoms with Gasteiger partial charge in [0.1, 0.15) is 5.54 Å². The minimum absolute atomic E-state index is 0.108. The number of carboxylic acid groups (broad SMARTS) is 1. The number of hydrogen-bond acceptors (Lipinski definition) is 4. The van der Waals surface area contributed by atoms with Crippen LogP contribution in [-0.2, 0) is 4.79 Å². The molecule has 0 heterocycles. The SMILES string of the molecule is CN(C(=O)c1cc([N+](=O)[O-])ccc1I)C(C)(C)C(=O)O. The molecule has 0 spiro atoms. The molecule has 8 heteroatoms. The van der Waals surface area contributed by atoms with E-state index in [1.165, 1.54) is 33.0 Å². The molecule has 0 aliphatic rings. The molecule has 20 heavy (non-hydrogen) atoms. The second-order valence-electron chi connectivity index (χ2n) is 4.65. The van der Waals surface area contributed by atoms with Gasteiger partial charge in [-0.1, -0.05) is 0 Å². The van der Waals surface area contributed by atoms with E-state index in [9.17, 15) is 19.7 Å². The first-order valence-corrected chi connectivity index (χ1v) is 6.62. The maximum absolute atomic E-state index is 12.3. The molecule has 0 saturated carbocycles. The fourth-order valence-electron chi connectivity index (χ4n) is 1.37. The standard InChI is InChI=1S/C12H13IN2O5/c1-12(2,11(17)18)14(3)10(16)8-6-7(15(19)20)4-5-9(8)13/h4-6H,1-3H3,(H,17,18). The van der Waals surface area contributed by atoms with Crippen LogP contribution in [0.3, 0.4) is 0 Å². The van der Waals surface area contributed by atoms with Crippen molar-refractivity contribution in [1.29, 1.82) is 0 Å². The van der Waals surface area contributed by atoms with Crippen molar-refractivity contribution in [1.82, 2.24) is 4.90 Å². The van der Waals surface area contributed by atoms with Crippen LogP contribution in [0.15, 0.2) is 18.2 Å². The highest BCUT2D eigenvalue weighted by atomic mass is 127. The fourth-order valence-corrected chi connectivity index (χ4v) is 1.93. The van der Waals surface area contributed by atoms with E-state index in [0.717, 1.165) is 11.0 Å². The smallest absolute Gasteiger partial charge is 0.329 e. The number of amides is 1. The van der Waals surface area contributed by atoms with E-state index in [2.05, 4.69) is 0 Å². The number of benzene rings is 1. The Balaban J connectivity index is 3.24. The van der Waals surface area contributed by atoms with E-state index in [1.807, 2.05) is 22.6 Å². The lowest BCUT2D eigenvalue weighted by molar-refractivity contribution is -0.384. The summed E-state index contributed by atoms with van der Waals surface area (Å²) in [5, 5.41) is 19.9.